The Kier molecular flexibility index (Phi) is 3.88. The number of aryl methyl sites for hydroxylation is 1. The highest BCUT2D eigenvalue weighted by Crippen LogP contribution is 2.21. The van der Waals surface area contributed by atoms with Gasteiger partial charge in [-0.3, -0.25) is 0 Å². The molecule has 0 atom stereocenters. The summed E-state index contributed by atoms with van der Waals surface area (Å²) in [5.41, 5.74) is 0.161. The molecule has 1 heterocycles. The summed E-state index contributed by atoms with van der Waals surface area (Å²) in [6.07, 6.45) is 2.18. The molecular formula is C9H14N2O2S. The molecule has 1 rings (SSSR count). The van der Waals surface area contributed by atoms with Crippen LogP contribution in [0.1, 0.15) is 35.1 Å². The summed E-state index contributed by atoms with van der Waals surface area (Å²) < 4.78 is 0. The first kappa shape index (κ1) is 11.0. The van der Waals surface area contributed by atoms with Crippen molar-refractivity contribution in [2.75, 3.05) is 11.9 Å². The number of aromatic carboxylic acids is 1. The van der Waals surface area contributed by atoms with Crippen molar-refractivity contribution in [2.45, 2.75) is 26.7 Å². The molecule has 0 fully saturated rings. The Labute approximate surface area is 87.0 Å². The van der Waals surface area contributed by atoms with Crippen LogP contribution in [-0.4, -0.2) is 22.6 Å². The second kappa shape index (κ2) is 4.95. The number of carboxylic acids is 1. The van der Waals surface area contributed by atoms with Gasteiger partial charge in [-0.25, -0.2) is 9.78 Å². The first-order chi connectivity index (χ1) is 6.65. The standard InChI is InChI=1S/C9H14N2O2S/c1-3-4-5-10-9-11-7(8(12)13)6(2)14-9/h3-5H2,1-2H3,(H,10,11)(H,12,13). The summed E-state index contributed by atoms with van der Waals surface area (Å²) in [5, 5.41) is 12.6. The Morgan fingerprint density at radius 3 is 2.86 bits per heavy atom. The lowest BCUT2D eigenvalue weighted by atomic mass is 10.3. The van der Waals surface area contributed by atoms with Crippen LogP contribution in [0.4, 0.5) is 5.13 Å². The minimum atomic E-state index is -0.956. The summed E-state index contributed by atoms with van der Waals surface area (Å²) in [6.45, 7) is 4.73. The number of anilines is 1. The first-order valence-corrected chi connectivity index (χ1v) is 5.41. The van der Waals surface area contributed by atoms with Crippen LogP contribution in [0.2, 0.25) is 0 Å². The second-order valence-corrected chi connectivity index (χ2v) is 4.21. The van der Waals surface area contributed by atoms with Gasteiger partial charge >= 0.3 is 5.97 Å². The second-order valence-electron chi connectivity index (χ2n) is 3.01. The zero-order valence-electron chi connectivity index (χ0n) is 8.33. The number of aromatic nitrogens is 1. The summed E-state index contributed by atoms with van der Waals surface area (Å²) in [7, 11) is 0. The van der Waals surface area contributed by atoms with Gasteiger partial charge in [-0.15, -0.1) is 11.3 Å². The summed E-state index contributed by atoms with van der Waals surface area (Å²) >= 11 is 1.39. The van der Waals surface area contributed by atoms with Crippen LogP contribution >= 0.6 is 11.3 Å². The molecule has 0 bridgehead atoms. The van der Waals surface area contributed by atoms with Crippen molar-refractivity contribution in [3.63, 3.8) is 0 Å². The molecule has 0 radical (unpaired) electrons. The number of nitrogens with zero attached hydrogens (tertiary/aromatic N) is 1. The van der Waals surface area contributed by atoms with E-state index in [9.17, 15) is 4.79 Å². The smallest absolute Gasteiger partial charge is 0.355 e. The highest BCUT2D eigenvalue weighted by atomic mass is 32.1. The summed E-state index contributed by atoms with van der Waals surface area (Å²) in [6, 6.07) is 0. The van der Waals surface area contributed by atoms with E-state index < -0.39 is 5.97 Å². The van der Waals surface area contributed by atoms with E-state index >= 15 is 0 Å². The zero-order valence-corrected chi connectivity index (χ0v) is 9.15. The van der Waals surface area contributed by atoms with Gasteiger partial charge in [-0.1, -0.05) is 13.3 Å². The fraction of sp³-hybridized carbons (Fsp3) is 0.556. The van der Waals surface area contributed by atoms with Crippen LogP contribution in [-0.2, 0) is 0 Å². The van der Waals surface area contributed by atoms with E-state index in [0.29, 0.717) is 5.13 Å². The Morgan fingerprint density at radius 1 is 1.64 bits per heavy atom. The van der Waals surface area contributed by atoms with Crippen LogP contribution in [0.3, 0.4) is 0 Å². The minimum absolute atomic E-state index is 0.161. The van der Waals surface area contributed by atoms with Crippen LogP contribution in [0.15, 0.2) is 0 Å². The van der Waals surface area contributed by atoms with E-state index in [1.54, 1.807) is 6.92 Å². The van der Waals surface area contributed by atoms with E-state index in [4.69, 9.17) is 5.11 Å². The first-order valence-electron chi connectivity index (χ1n) is 4.59. The zero-order chi connectivity index (χ0) is 10.6. The quantitative estimate of drug-likeness (QED) is 0.739. The molecule has 0 aliphatic rings. The van der Waals surface area contributed by atoms with Crippen molar-refractivity contribution in [3.8, 4) is 0 Å². The van der Waals surface area contributed by atoms with E-state index in [1.807, 2.05) is 0 Å². The highest BCUT2D eigenvalue weighted by Gasteiger charge is 2.13. The molecule has 0 saturated heterocycles. The summed E-state index contributed by atoms with van der Waals surface area (Å²) in [5.74, 6) is -0.956. The number of carboxylic acid groups (broad SMARTS) is 1. The van der Waals surface area contributed by atoms with Gasteiger partial charge in [0, 0.05) is 11.4 Å². The maximum atomic E-state index is 10.7. The van der Waals surface area contributed by atoms with Crippen molar-refractivity contribution in [1.29, 1.82) is 0 Å². The molecule has 0 unspecified atom stereocenters. The van der Waals surface area contributed by atoms with Crippen molar-refractivity contribution in [2.24, 2.45) is 0 Å². The fourth-order valence-corrected chi connectivity index (χ4v) is 1.87. The highest BCUT2D eigenvalue weighted by molar-refractivity contribution is 7.15. The summed E-state index contributed by atoms with van der Waals surface area (Å²) in [4.78, 5) is 15.4. The Hall–Kier alpha value is -1.10. The van der Waals surface area contributed by atoms with Crippen LogP contribution < -0.4 is 5.32 Å². The molecular weight excluding hydrogens is 200 g/mol. The van der Waals surface area contributed by atoms with Gasteiger partial charge in [0.05, 0.1) is 0 Å². The monoisotopic (exact) mass is 214 g/mol. The SMILES string of the molecule is CCCCNc1nc(C(=O)O)c(C)s1. The average Bonchev–Trinajstić information content (AvgIpc) is 2.47. The third-order valence-electron chi connectivity index (χ3n) is 1.81. The fourth-order valence-electron chi connectivity index (χ4n) is 1.04. The van der Waals surface area contributed by atoms with Crippen LogP contribution in [0.25, 0.3) is 0 Å². The molecule has 1 aromatic heterocycles. The molecule has 5 heteroatoms. The average molecular weight is 214 g/mol. The Balaban J connectivity index is 2.62. The molecule has 4 nitrogen and oxygen atoms in total. The molecule has 0 amide bonds. The molecule has 0 aliphatic carbocycles. The third kappa shape index (κ3) is 2.70. The van der Waals surface area contributed by atoms with Gasteiger partial charge in [-0.05, 0) is 13.3 Å². The number of hydrogen-bond acceptors (Lipinski definition) is 4. The lowest BCUT2D eigenvalue weighted by molar-refractivity contribution is 0.0690. The van der Waals surface area contributed by atoms with E-state index in [0.717, 1.165) is 24.3 Å². The van der Waals surface area contributed by atoms with E-state index in [-0.39, 0.29) is 5.69 Å². The molecule has 0 saturated carbocycles. The predicted octanol–water partition coefficient (Wildman–Crippen LogP) is 2.36. The number of thiazole rings is 1. The van der Waals surface area contributed by atoms with Crippen LogP contribution in [0, 0.1) is 6.92 Å². The van der Waals surface area contributed by atoms with Crippen molar-refractivity contribution >= 4 is 22.4 Å². The molecule has 0 spiro atoms. The molecule has 0 aromatic carbocycles. The Bertz CT molecular complexity index is 323. The van der Waals surface area contributed by atoms with Gasteiger partial charge < -0.3 is 10.4 Å². The molecule has 2 N–H and O–H groups in total. The van der Waals surface area contributed by atoms with Crippen molar-refractivity contribution in [3.05, 3.63) is 10.6 Å². The molecule has 14 heavy (non-hydrogen) atoms. The minimum Gasteiger partial charge on any atom is -0.476 e. The van der Waals surface area contributed by atoms with Gasteiger partial charge in [0.15, 0.2) is 10.8 Å². The molecule has 78 valence electrons. The molecule has 1 aromatic rings. The van der Waals surface area contributed by atoms with Crippen LogP contribution in [0.5, 0.6) is 0 Å². The molecule has 0 aliphatic heterocycles. The number of rotatable bonds is 5. The maximum absolute atomic E-state index is 10.7. The third-order valence-corrected chi connectivity index (χ3v) is 2.73. The predicted molar refractivity (Wildman–Crippen MR) is 57.2 cm³/mol. The van der Waals surface area contributed by atoms with Gasteiger partial charge in [0.1, 0.15) is 0 Å². The topological polar surface area (TPSA) is 62.2 Å². The van der Waals surface area contributed by atoms with E-state index in [1.165, 1.54) is 11.3 Å². The number of hydrogen-bond donors (Lipinski definition) is 2. The largest absolute Gasteiger partial charge is 0.476 e. The number of unbranched alkanes of at least 4 members (excludes halogenated alkanes) is 1. The normalized spacial score (nSPS) is 10.1. The van der Waals surface area contributed by atoms with Gasteiger partial charge in [0.2, 0.25) is 0 Å². The maximum Gasteiger partial charge on any atom is 0.355 e. The van der Waals surface area contributed by atoms with E-state index in [2.05, 4.69) is 17.2 Å². The Morgan fingerprint density at radius 2 is 2.36 bits per heavy atom. The number of nitrogens with one attached hydrogen (secondary N) is 1. The van der Waals surface area contributed by atoms with Gasteiger partial charge in [-0.2, -0.15) is 0 Å². The lowest BCUT2D eigenvalue weighted by Crippen LogP contribution is -2.02. The number of carbonyl (C=O) groups is 1. The van der Waals surface area contributed by atoms with Crippen molar-refractivity contribution in [1.82, 2.24) is 4.98 Å². The van der Waals surface area contributed by atoms with Gasteiger partial charge in [0.25, 0.3) is 0 Å². The van der Waals surface area contributed by atoms with Crippen molar-refractivity contribution < 1.29 is 9.90 Å². The lowest BCUT2D eigenvalue weighted by Gasteiger charge is -1.98.